The van der Waals surface area contributed by atoms with Gasteiger partial charge in [0.25, 0.3) is 0 Å². The quantitative estimate of drug-likeness (QED) is 0.938. The highest BCUT2D eigenvalue weighted by Crippen LogP contribution is 2.32. The largest absolute Gasteiger partial charge is 0.437 e. The van der Waals surface area contributed by atoms with Crippen LogP contribution >= 0.6 is 15.9 Å². The van der Waals surface area contributed by atoms with E-state index < -0.39 is 0 Å². The fourth-order valence-corrected chi connectivity index (χ4v) is 1.82. The third kappa shape index (κ3) is 2.86. The molecule has 0 aliphatic heterocycles. The average molecular weight is 311 g/mol. The van der Waals surface area contributed by atoms with Gasteiger partial charge in [0.2, 0.25) is 5.88 Å². The maximum absolute atomic E-state index is 13.2. The number of pyridine rings is 1. The van der Waals surface area contributed by atoms with Crippen LogP contribution in [0.15, 0.2) is 41.0 Å². The first-order valence-corrected chi connectivity index (χ1v) is 6.20. The lowest BCUT2D eigenvalue weighted by Gasteiger charge is -2.13. The van der Waals surface area contributed by atoms with E-state index in [1.165, 1.54) is 12.1 Å². The van der Waals surface area contributed by atoms with Gasteiger partial charge < -0.3 is 10.5 Å². The van der Waals surface area contributed by atoms with Gasteiger partial charge in [-0.2, -0.15) is 0 Å². The Labute approximate surface area is 113 Å². The molecule has 0 saturated heterocycles. The van der Waals surface area contributed by atoms with Crippen LogP contribution in [-0.2, 0) is 0 Å². The Hall–Kier alpha value is -1.46. The van der Waals surface area contributed by atoms with Gasteiger partial charge >= 0.3 is 0 Å². The molecule has 1 aromatic heterocycles. The molecule has 3 nitrogen and oxygen atoms in total. The van der Waals surface area contributed by atoms with Crippen molar-refractivity contribution in [1.82, 2.24) is 4.98 Å². The van der Waals surface area contributed by atoms with Crippen LogP contribution in [0, 0.1) is 5.82 Å². The summed E-state index contributed by atoms with van der Waals surface area (Å²) in [6.07, 6.45) is 1.61. The molecule has 0 saturated carbocycles. The van der Waals surface area contributed by atoms with E-state index in [1.54, 1.807) is 18.3 Å². The molecule has 1 atom stereocenters. The Balaban J connectivity index is 2.37. The Kier molecular flexibility index (Phi) is 3.93. The number of ether oxygens (including phenoxy) is 1. The van der Waals surface area contributed by atoms with Crippen LogP contribution in [0.4, 0.5) is 4.39 Å². The highest BCUT2D eigenvalue weighted by atomic mass is 79.9. The number of benzene rings is 1. The van der Waals surface area contributed by atoms with Gasteiger partial charge in [-0.1, -0.05) is 6.07 Å². The summed E-state index contributed by atoms with van der Waals surface area (Å²) in [5, 5.41) is 0. The first kappa shape index (κ1) is 13.0. The minimum absolute atomic E-state index is 0.207. The smallest absolute Gasteiger partial charge is 0.224 e. The molecule has 0 aliphatic carbocycles. The van der Waals surface area contributed by atoms with E-state index in [9.17, 15) is 4.39 Å². The van der Waals surface area contributed by atoms with Gasteiger partial charge in [0.1, 0.15) is 11.6 Å². The molecule has 94 valence electrons. The zero-order valence-electron chi connectivity index (χ0n) is 9.73. The van der Waals surface area contributed by atoms with Crippen molar-refractivity contribution in [3.8, 4) is 11.6 Å². The van der Waals surface area contributed by atoms with Crippen LogP contribution in [-0.4, -0.2) is 4.98 Å². The van der Waals surface area contributed by atoms with Crippen molar-refractivity contribution in [2.75, 3.05) is 0 Å². The third-order valence-corrected chi connectivity index (χ3v) is 3.05. The lowest BCUT2D eigenvalue weighted by molar-refractivity contribution is 0.445. The van der Waals surface area contributed by atoms with Crippen molar-refractivity contribution in [1.29, 1.82) is 0 Å². The monoisotopic (exact) mass is 310 g/mol. The zero-order valence-corrected chi connectivity index (χ0v) is 11.3. The molecule has 5 heteroatoms. The average Bonchev–Trinajstić information content (AvgIpc) is 2.34. The van der Waals surface area contributed by atoms with E-state index in [-0.39, 0.29) is 11.9 Å². The van der Waals surface area contributed by atoms with Crippen LogP contribution < -0.4 is 10.5 Å². The van der Waals surface area contributed by atoms with Crippen molar-refractivity contribution >= 4 is 15.9 Å². The number of rotatable bonds is 3. The number of hydrogen-bond acceptors (Lipinski definition) is 3. The summed E-state index contributed by atoms with van der Waals surface area (Å²) < 4.78 is 19.4. The minimum atomic E-state index is -0.369. The maximum atomic E-state index is 13.2. The van der Waals surface area contributed by atoms with Crippen LogP contribution in [0.1, 0.15) is 18.5 Å². The number of aromatic nitrogens is 1. The molecule has 1 heterocycles. The van der Waals surface area contributed by atoms with Crippen molar-refractivity contribution in [2.24, 2.45) is 5.73 Å². The molecule has 0 fully saturated rings. The standard InChI is InChI=1S/C13H12BrFN2O/c1-8(16)10-3-2-6-17-13(10)18-12-7-9(15)4-5-11(12)14/h2-8H,16H2,1H3/t8-/m0/s1. The van der Waals surface area contributed by atoms with Gasteiger partial charge in [-0.25, -0.2) is 9.37 Å². The minimum Gasteiger partial charge on any atom is -0.437 e. The van der Waals surface area contributed by atoms with Crippen LogP contribution in [0.5, 0.6) is 11.6 Å². The predicted molar refractivity (Wildman–Crippen MR) is 71.0 cm³/mol. The lowest BCUT2D eigenvalue weighted by atomic mass is 10.1. The molecule has 0 aliphatic rings. The second-order valence-corrected chi connectivity index (χ2v) is 4.72. The van der Waals surface area contributed by atoms with Crippen LogP contribution in [0.25, 0.3) is 0 Å². The number of hydrogen-bond donors (Lipinski definition) is 1. The lowest BCUT2D eigenvalue weighted by Crippen LogP contribution is -2.07. The Bertz CT molecular complexity index is 560. The Morgan fingerprint density at radius 2 is 2.17 bits per heavy atom. The van der Waals surface area contributed by atoms with E-state index in [4.69, 9.17) is 10.5 Å². The zero-order chi connectivity index (χ0) is 13.1. The molecule has 0 radical (unpaired) electrons. The molecule has 2 N–H and O–H groups in total. The fourth-order valence-electron chi connectivity index (χ4n) is 1.49. The van der Waals surface area contributed by atoms with Crippen molar-refractivity contribution in [3.05, 3.63) is 52.4 Å². The van der Waals surface area contributed by atoms with E-state index in [0.29, 0.717) is 16.1 Å². The molecular formula is C13H12BrFN2O. The van der Waals surface area contributed by atoms with Crippen molar-refractivity contribution < 1.29 is 9.13 Å². The summed E-state index contributed by atoms with van der Waals surface area (Å²) in [5.41, 5.74) is 6.60. The molecule has 0 amide bonds. The van der Waals surface area contributed by atoms with Gasteiger partial charge in [0.05, 0.1) is 4.47 Å². The molecule has 0 bridgehead atoms. The maximum Gasteiger partial charge on any atom is 0.224 e. The SMILES string of the molecule is C[C@H](N)c1cccnc1Oc1cc(F)ccc1Br. The Morgan fingerprint density at radius 3 is 2.89 bits per heavy atom. The molecule has 2 rings (SSSR count). The normalized spacial score (nSPS) is 12.2. The second kappa shape index (κ2) is 5.46. The molecule has 1 aromatic carbocycles. The van der Waals surface area contributed by atoms with Gasteiger partial charge in [0.15, 0.2) is 0 Å². The van der Waals surface area contributed by atoms with Crippen LogP contribution in [0.3, 0.4) is 0 Å². The molecule has 0 spiro atoms. The molecule has 18 heavy (non-hydrogen) atoms. The van der Waals surface area contributed by atoms with Crippen LogP contribution in [0.2, 0.25) is 0 Å². The van der Waals surface area contributed by atoms with Gasteiger partial charge in [-0.05, 0) is 41.1 Å². The van der Waals surface area contributed by atoms with Gasteiger partial charge in [-0.15, -0.1) is 0 Å². The van der Waals surface area contributed by atoms with E-state index in [0.717, 1.165) is 5.56 Å². The first-order chi connectivity index (χ1) is 8.58. The second-order valence-electron chi connectivity index (χ2n) is 3.86. The summed E-state index contributed by atoms with van der Waals surface area (Å²) in [4.78, 5) is 4.12. The first-order valence-electron chi connectivity index (χ1n) is 5.41. The third-order valence-electron chi connectivity index (χ3n) is 2.39. The summed E-state index contributed by atoms with van der Waals surface area (Å²) in [5.74, 6) is 0.390. The van der Waals surface area contributed by atoms with Gasteiger partial charge in [-0.3, -0.25) is 0 Å². The van der Waals surface area contributed by atoms with E-state index in [2.05, 4.69) is 20.9 Å². The summed E-state index contributed by atoms with van der Waals surface area (Å²) >= 11 is 3.30. The number of nitrogens with zero attached hydrogens (tertiary/aromatic N) is 1. The number of nitrogens with two attached hydrogens (primary N) is 1. The predicted octanol–water partition coefficient (Wildman–Crippen LogP) is 3.80. The summed E-state index contributed by atoms with van der Waals surface area (Å²) in [6, 6.07) is 7.64. The molecule has 2 aromatic rings. The summed E-state index contributed by atoms with van der Waals surface area (Å²) in [7, 11) is 0. The fraction of sp³-hybridized carbons (Fsp3) is 0.154. The molecule has 0 unspecified atom stereocenters. The molecular weight excluding hydrogens is 299 g/mol. The highest BCUT2D eigenvalue weighted by Gasteiger charge is 2.12. The van der Waals surface area contributed by atoms with E-state index in [1.807, 2.05) is 13.0 Å². The van der Waals surface area contributed by atoms with E-state index >= 15 is 0 Å². The Morgan fingerprint density at radius 1 is 1.39 bits per heavy atom. The van der Waals surface area contributed by atoms with Gasteiger partial charge in [0, 0.05) is 23.9 Å². The summed E-state index contributed by atoms with van der Waals surface area (Å²) in [6.45, 7) is 1.84. The highest BCUT2D eigenvalue weighted by molar-refractivity contribution is 9.10. The van der Waals surface area contributed by atoms with Crippen molar-refractivity contribution in [3.63, 3.8) is 0 Å². The topological polar surface area (TPSA) is 48.1 Å². The van der Waals surface area contributed by atoms with Crippen molar-refractivity contribution in [2.45, 2.75) is 13.0 Å². The number of halogens is 2.